The lowest BCUT2D eigenvalue weighted by Gasteiger charge is -2.10. The van der Waals surface area contributed by atoms with Gasteiger partial charge in [-0.25, -0.2) is 18.4 Å². The summed E-state index contributed by atoms with van der Waals surface area (Å²) in [5.74, 6) is -0.529. The molecule has 2 rings (SSSR count). The van der Waals surface area contributed by atoms with Crippen molar-refractivity contribution in [2.24, 2.45) is 5.14 Å². The van der Waals surface area contributed by atoms with Crippen LogP contribution in [0.3, 0.4) is 0 Å². The number of hydrogen-bond acceptors (Lipinski definition) is 6. The zero-order valence-corrected chi connectivity index (χ0v) is 15.7. The number of benzene rings is 2. The van der Waals surface area contributed by atoms with Crippen LogP contribution in [0.4, 0.5) is 5.69 Å². The standard InChI is InChI=1S/C18H20N2O6S/c1-12(2)26-18(22)13-6-8-15(9-7-13)25-11-17(21)20-14-4-3-5-16(10-14)27(19,23)24/h3-10,12H,11H2,1-2H3,(H,20,21)(H2,19,23,24). The second-order valence-electron chi connectivity index (χ2n) is 5.89. The summed E-state index contributed by atoms with van der Waals surface area (Å²) in [7, 11) is -3.86. The van der Waals surface area contributed by atoms with Crippen molar-refractivity contribution in [2.45, 2.75) is 24.8 Å². The third kappa shape index (κ3) is 6.39. The number of esters is 1. The van der Waals surface area contributed by atoms with Crippen LogP contribution in [0.25, 0.3) is 0 Å². The number of nitrogens with one attached hydrogen (secondary N) is 1. The molecule has 0 bridgehead atoms. The molecular weight excluding hydrogens is 372 g/mol. The maximum atomic E-state index is 12.0. The predicted octanol–water partition coefficient (Wildman–Crippen LogP) is 1.92. The van der Waals surface area contributed by atoms with Crippen molar-refractivity contribution in [3.63, 3.8) is 0 Å². The highest BCUT2D eigenvalue weighted by atomic mass is 32.2. The number of nitrogens with two attached hydrogens (primary N) is 1. The molecule has 0 saturated heterocycles. The number of sulfonamides is 1. The average Bonchev–Trinajstić information content (AvgIpc) is 2.59. The summed E-state index contributed by atoms with van der Waals surface area (Å²) in [6.07, 6.45) is -0.218. The van der Waals surface area contributed by atoms with Crippen molar-refractivity contribution < 1.29 is 27.5 Å². The molecule has 0 aliphatic heterocycles. The molecule has 0 fully saturated rings. The Bertz CT molecular complexity index is 923. The highest BCUT2D eigenvalue weighted by molar-refractivity contribution is 7.89. The van der Waals surface area contributed by atoms with Crippen LogP contribution in [-0.4, -0.2) is 33.0 Å². The highest BCUT2D eigenvalue weighted by Gasteiger charge is 2.11. The van der Waals surface area contributed by atoms with Crippen LogP contribution in [0.2, 0.25) is 0 Å². The van der Waals surface area contributed by atoms with E-state index in [1.54, 1.807) is 26.0 Å². The fraction of sp³-hybridized carbons (Fsp3) is 0.222. The lowest BCUT2D eigenvalue weighted by Crippen LogP contribution is -2.20. The van der Waals surface area contributed by atoms with Gasteiger partial charge in [0.15, 0.2) is 6.61 Å². The molecule has 2 aromatic carbocycles. The van der Waals surface area contributed by atoms with Gasteiger partial charge >= 0.3 is 5.97 Å². The van der Waals surface area contributed by atoms with Gasteiger partial charge in [-0.05, 0) is 56.3 Å². The molecule has 0 radical (unpaired) electrons. The molecule has 27 heavy (non-hydrogen) atoms. The third-order valence-electron chi connectivity index (χ3n) is 3.25. The average molecular weight is 392 g/mol. The highest BCUT2D eigenvalue weighted by Crippen LogP contribution is 2.15. The Morgan fingerprint density at radius 3 is 2.37 bits per heavy atom. The number of hydrogen-bond donors (Lipinski definition) is 2. The summed E-state index contributed by atoms with van der Waals surface area (Å²) >= 11 is 0. The Hall–Kier alpha value is -2.91. The molecule has 0 unspecified atom stereocenters. The third-order valence-corrected chi connectivity index (χ3v) is 4.16. The van der Waals surface area contributed by atoms with Gasteiger partial charge in [0.1, 0.15) is 5.75 Å². The largest absolute Gasteiger partial charge is 0.484 e. The van der Waals surface area contributed by atoms with Gasteiger partial charge < -0.3 is 14.8 Å². The fourth-order valence-corrected chi connectivity index (χ4v) is 2.63. The van der Waals surface area contributed by atoms with Crippen molar-refractivity contribution in [2.75, 3.05) is 11.9 Å². The van der Waals surface area contributed by atoms with E-state index in [1.807, 2.05) is 0 Å². The fourth-order valence-electron chi connectivity index (χ4n) is 2.07. The molecule has 8 nitrogen and oxygen atoms in total. The quantitative estimate of drug-likeness (QED) is 0.694. The molecule has 1 amide bonds. The van der Waals surface area contributed by atoms with E-state index in [4.69, 9.17) is 14.6 Å². The van der Waals surface area contributed by atoms with Crippen molar-refractivity contribution in [3.05, 3.63) is 54.1 Å². The molecule has 9 heteroatoms. The van der Waals surface area contributed by atoms with E-state index in [0.717, 1.165) is 0 Å². The summed E-state index contributed by atoms with van der Waals surface area (Å²) in [5.41, 5.74) is 0.655. The number of carbonyl (C=O) groups excluding carboxylic acids is 2. The first-order valence-electron chi connectivity index (χ1n) is 8.02. The molecule has 0 spiro atoms. The second kappa shape index (κ2) is 8.65. The number of ether oxygens (including phenoxy) is 2. The van der Waals surface area contributed by atoms with Crippen LogP contribution in [0.15, 0.2) is 53.4 Å². The van der Waals surface area contributed by atoms with E-state index in [2.05, 4.69) is 5.32 Å². The van der Waals surface area contributed by atoms with Crippen molar-refractivity contribution in [1.82, 2.24) is 0 Å². The summed E-state index contributed by atoms with van der Waals surface area (Å²) in [6.45, 7) is 3.22. The van der Waals surface area contributed by atoms with Crippen LogP contribution in [-0.2, 0) is 19.6 Å². The maximum absolute atomic E-state index is 12.0. The van der Waals surface area contributed by atoms with Gasteiger partial charge in [-0.2, -0.15) is 0 Å². The molecule has 0 aliphatic rings. The normalized spacial score (nSPS) is 11.1. The first kappa shape index (κ1) is 20.4. The minimum Gasteiger partial charge on any atom is -0.484 e. The van der Waals surface area contributed by atoms with Gasteiger partial charge in [0.2, 0.25) is 10.0 Å². The summed E-state index contributed by atoms with van der Waals surface area (Å²) < 4.78 is 33.1. The Labute approximate surface area is 157 Å². The predicted molar refractivity (Wildman–Crippen MR) is 98.9 cm³/mol. The smallest absolute Gasteiger partial charge is 0.338 e. The monoisotopic (exact) mass is 392 g/mol. The number of carbonyl (C=O) groups is 2. The Morgan fingerprint density at radius 1 is 1.11 bits per heavy atom. The topological polar surface area (TPSA) is 125 Å². The van der Waals surface area contributed by atoms with E-state index < -0.39 is 21.9 Å². The van der Waals surface area contributed by atoms with Gasteiger partial charge in [0.25, 0.3) is 5.91 Å². The van der Waals surface area contributed by atoms with Crippen LogP contribution in [0, 0.1) is 0 Å². The zero-order chi connectivity index (χ0) is 20.0. The molecule has 144 valence electrons. The molecule has 0 atom stereocenters. The lowest BCUT2D eigenvalue weighted by molar-refractivity contribution is -0.118. The molecule has 0 aromatic heterocycles. The number of amides is 1. The molecule has 0 heterocycles. The number of rotatable bonds is 7. The summed E-state index contributed by atoms with van der Waals surface area (Å²) in [5, 5.41) is 7.57. The zero-order valence-electron chi connectivity index (χ0n) is 14.8. The number of primary sulfonamides is 1. The molecule has 3 N–H and O–H groups in total. The summed E-state index contributed by atoms with van der Waals surface area (Å²) in [4.78, 5) is 23.6. The van der Waals surface area contributed by atoms with Crippen LogP contribution in [0.1, 0.15) is 24.2 Å². The minimum atomic E-state index is -3.86. The Kier molecular flexibility index (Phi) is 6.54. The van der Waals surface area contributed by atoms with Crippen LogP contribution < -0.4 is 15.2 Å². The van der Waals surface area contributed by atoms with Gasteiger partial charge in [-0.3, -0.25) is 4.79 Å². The number of anilines is 1. The van der Waals surface area contributed by atoms with E-state index in [1.165, 1.54) is 36.4 Å². The van der Waals surface area contributed by atoms with Crippen molar-refractivity contribution >= 4 is 27.6 Å². The van der Waals surface area contributed by atoms with Gasteiger partial charge in [-0.1, -0.05) is 6.07 Å². The van der Waals surface area contributed by atoms with Crippen molar-refractivity contribution in [1.29, 1.82) is 0 Å². The first-order chi connectivity index (χ1) is 12.6. The van der Waals surface area contributed by atoms with E-state index in [0.29, 0.717) is 11.3 Å². The first-order valence-corrected chi connectivity index (χ1v) is 9.56. The Balaban J connectivity index is 1.91. The summed E-state index contributed by atoms with van der Waals surface area (Å²) in [6, 6.07) is 11.7. The van der Waals surface area contributed by atoms with E-state index >= 15 is 0 Å². The van der Waals surface area contributed by atoms with Crippen molar-refractivity contribution in [3.8, 4) is 5.75 Å². The molecule has 0 saturated carbocycles. The second-order valence-corrected chi connectivity index (χ2v) is 7.45. The molecular formula is C18H20N2O6S. The lowest BCUT2D eigenvalue weighted by atomic mass is 10.2. The van der Waals surface area contributed by atoms with E-state index in [9.17, 15) is 18.0 Å². The van der Waals surface area contributed by atoms with Gasteiger partial charge in [-0.15, -0.1) is 0 Å². The minimum absolute atomic E-state index is 0.106. The SMILES string of the molecule is CC(C)OC(=O)c1ccc(OCC(=O)Nc2cccc(S(N)(=O)=O)c2)cc1. The van der Waals surface area contributed by atoms with Crippen LogP contribution >= 0.6 is 0 Å². The molecule has 0 aliphatic carbocycles. The van der Waals surface area contributed by atoms with E-state index in [-0.39, 0.29) is 23.3 Å². The maximum Gasteiger partial charge on any atom is 0.338 e. The molecule has 2 aromatic rings. The van der Waals surface area contributed by atoms with Crippen LogP contribution in [0.5, 0.6) is 5.75 Å². The van der Waals surface area contributed by atoms with Gasteiger partial charge in [0.05, 0.1) is 16.6 Å². The Morgan fingerprint density at radius 2 is 1.78 bits per heavy atom. The van der Waals surface area contributed by atoms with Gasteiger partial charge in [0, 0.05) is 5.69 Å².